The van der Waals surface area contributed by atoms with E-state index in [9.17, 15) is 14.4 Å². The average molecular weight is 450 g/mol. The van der Waals surface area contributed by atoms with Crippen LogP contribution >= 0.6 is 0 Å². The number of ether oxygens (including phenoxy) is 2. The van der Waals surface area contributed by atoms with Crippen molar-refractivity contribution in [3.63, 3.8) is 0 Å². The summed E-state index contributed by atoms with van der Waals surface area (Å²) in [6, 6.07) is 9.40. The number of hydrogen-bond donors (Lipinski definition) is 0. The van der Waals surface area contributed by atoms with E-state index in [2.05, 4.69) is 22.8 Å². The Hall–Kier alpha value is -2.79. The summed E-state index contributed by atoms with van der Waals surface area (Å²) >= 11 is 0. The number of benzene rings is 2. The first-order valence-corrected chi connectivity index (χ1v) is 11.5. The maximum absolute atomic E-state index is 13.9. The van der Waals surface area contributed by atoms with Crippen molar-refractivity contribution in [3.05, 3.63) is 69.0 Å². The van der Waals surface area contributed by atoms with Gasteiger partial charge in [-0.2, -0.15) is 5.26 Å². The minimum absolute atomic E-state index is 0.112. The van der Waals surface area contributed by atoms with E-state index in [-0.39, 0.29) is 17.6 Å². The lowest BCUT2D eigenvalue weighted by atomic mass is 9.95. The number of fused-ring (bicyclic) bond motifs is 2. The van der Waals surface area contributed by atoms with E-state index in [1.54, 1.807) is 13.0 Å². The topological polar surface area (TPSA) is 65.8 Å². The van der Waals surface area contributed by atoms with Crippen LogP contribution in [0.1, 0.15) is 49.8 Å². The zero-order valence-electron chi connectivity index (χ0n) is 19.1. The molecule has 0 aromatic heterocycles. The molecule has 0 radical (unpaired) electrons. The predicted molar refractivity (Wildman–Crippen MR) is 120 cm³/mol. The molecule has 33 heavy (non-hydrogen) atoms. The monoisotopic (exact) mass is 449 g/mol. The molecule has 0 bridgehead atoms. The number of esters is 1. The van der Waals surface area contributed by atoms with E-state index < -0.39 is 5.82 Å². The number of nitriles is 1. The van der Waals surface area contributed by atoms with E-state index in [1.165, 1.54) is 17.2 Å². The Labute approximate surface area is 193 Å². The fraction of sp³-hybridized carbons (Fsp3) is 0.462. The lowest BCUT2D eigenvalue weighted by Gasteiger charge is -2.46. The summed E-state index contributed by atoms with van der Waals surface area (Å²) in [5, 5.41) is 9.28. The lowest BCUT2D eigenvalue weighted by molar-refractivity contribution is -0.0903. The van der Waals surface area contributed by atoms with Crippen LogP contribution in [0.25, 0.3) is 0 Å². The van der Waals surface area contributed by atoms with Gasteiger partial charge in [-0.25, -0.2) is 9.18 Å². The highest BCUT2D eigenvalue weighted by Crippen LogP contribution is 2.31. The van der Waals surface area contributed by atoms with Gasteiger partial charge in [0.1, 0.15) is 18.5 Å². The number of hydrogen-bond acceptors (Lipinski definition) is 6. The first-order chi connectivity index (χ1) is 16.0. The first kappa shape index (κ1) is 22.0. The minimum atomic E-state index is -0.473. The SMILES string of the molecule is Cc1c([C@H]2CN3CCN(CCc4ccc5c(c4C)COC5=O)C[C@@H]3CO2)ccc(F)c1C#N. The summed E-state index contributed by atoms with van der Waals surface area (Å²) in [4.78, 5) is 16.7. The molecule has 2 aromatic carbocycles. The number of nitrogens with zero attached hydrogens (tertiary/aromatic N) is 3. The molecule has 6 nitrogen and oxygen atoms in total. The van der Waals surface area contributed by atoms with Gasteiger partial charge in [-0.05, 0) is 54.7 Å². The summed E-state index contributed by atoms with van der Waals surface area (Å²) < 4.78 is 25.3. The average Bonchev–Trinajstić information content (AvgIpc) is 3.20. The molecule has 0 aliphatic carbocycles. The Bertz CT molecular complexity index is 1140. The molecule has 3 aliphatic rings. The van der Waals surface area contributed by atoms with Crippen LogP contribution < -0.4 is 0 Å². The van der Waals surface area contributed by atoms with Crippen molar-refractivity contribution >= 4 is 5.97 Å². The highest BCUT2D eigenvalue weighted by molar-refractivity contribution is 5.93. The number of rotatable bonds is 4. The molecule has 2 aromatic rings. The largest absolute Gasteiger partial charge is 0.457 e. The molecule has 0 amide bonds. The summed E-state index contributed by atoms with van der Waals surface area (Å²) in [7, 11) is 0. The number of morpholine rings is 1. The second-order valence-corrected chi connectivity index (χ2v) is 9.22. The van der Waals surface area contributed by atoms with Crippen molar-refractivity contribution < 1.29 is 18.7 Å². The summed E-state index contributed by atoms with van der Waals surface area (Å²) in [5.41, 5.74) is 5.88. The van der Waals surface area contributed by atoms with Crippen LogP contribution in [0.4, 0.5) is 4.39 Å². The second-order valence-electron chi connectivity index (χ2n) is 9.22. The summed E-state index contributed by atoms with van der Waals surface area (Å²) in [5.74, 6) is -0.690. The van der Waals surface area contributed by atoms with Crippen LogP contribution in [-0.2, 0) is 22.5 Å². The van der Waals surface area contributed by atoms with E-state index in [1.807, 2.05) is 12.1 Å². The number of cyclic esters (lactones) is 1. The number of piperazine rings is 1. The van der Waals surface area contributed by atoms with Gasteiger partial charge in [0.25, 0.3) is 0 Å². The third-order valence-corrected chi connectivity index (χ3v) is 7.47. The van der Waals surface area contributed by atoms with Gasteiger partial charge in [0.15, 0.2) is 0 Å². The molecule has 2 saturated heterocycles. The quantitative estimate of drug-likeness (QED) is 0.668. The van der Waals surface area contributed by atoms with Crippen molar-refractivity contribution in [2.45, 2.75) is 39.0 Å². The highest BCUT2D eigenvalue weighted by Gasteiger charge is 2.35. The Morgan fingerprint density at radius 2 is 2.00 bits per heavy atom. The van der Waals surface area contributed by atoms with Gasteiger partial charge in [-0.3, -0.25) is 4.90 Å². The normalized spacial score (nSPS) is 23.0. The maximum atomic E-state index is 13.9. The number of carbonyl (C=O) groups excluding carboxylic acids is 1. The summed E-state index contributed by atoms with van der Waals surface area (Å²) in [6.45, 7) is 9.50. The van der Waals surface area contributed by atoms with Crippen molar-refractivity contribution in [1.29, 1.82) is 5.26 Å². The van der Waals surface area contributed by atoms with Crippen LogP contribution in [0.3, 0.4) is 0 Å². The lowest BCUT2D eigenvalue weighted by Crippen LogP contribution is -2.58. The number of carbonyl (C=O) groups is 1. The minimum Gasteiger partial charge on any atom is -0.457 e. The Kier molecular flexibility index (Phi) is 5.92. The van der Waals surface area contributed by atoms with Crippen LogP contribution in [0.2, 0.25) is 0 Å². The third kappa shape index (κ3) is 4.04. The molecule has 5 rings (SSSR count). The van der Waals surface area contributed by atoms with Gasteiger partial charge in [0.2, 0.25) is 0 Å². The molecule has 0 N–H and O–H groups in total. The smallest absolute Gasteiger partial charge is 0.338 e. The maximum Gasteiger partial charge on any atom is 0.338 e. The van der Waals surface area contributed by atoms with Gasteiger partial charge in [0, 0.05) is 44.3 Å². The van der Waals surface area contributed by atoms with E-state index in [4.69, 9.17) is 9.47 Å². The molecule has 0 spiro atoms. The van der Waals surface area contributed by atoms with E-state index in [0.717, 1.165) is 50.3 Å². The molecule has 0 unspecified atom stereocenters. The van der Waals surface area contributed by atoms with Crippen molar-refractivity contribution in [3.8, 4) is 6.07 Å². The van der Waals surface area contributed by atoms with Crippen LogP contribution in [0, 0.1) is 31.0 Å². The van der Waals surface area contributed by atoms with Crippen molar-refractivity contribution in [1.82, 2.24) is 9.80 Å². The second kappa shape index (κ2) is 8.86. The van der Waals surface area contributed by atoms with E-state index in [0.29, 0.717) is 30.4 Å². The van der Waals surface area contributed by atoms with Crippen molar-refractivity contribution in [2.75, 3.05) is 39.3 Å². The molecule has 2 fully saturated rings. The molecular formula is C26H28FN3O3. The Morgan fingerprint density at radius 1 is 1.15 bits per heavy atom. The van der Waals surface area contributed by atoms with Crippen molar-refractivity contribution in [2.24, 2.45) is 0 Å². The Balaban J connectivity index is 1.20. The van der Waals surface area contributed by atoms with Crippen LogP contribution in [-0.4, -0.2) is 61.1 Å². The number of halogens is 1. The molecule has 0 saturated carbocycles. The third-order valence-electron chi connectivity index (χ3n) is 7.47. The predicted octanol–water partition coefficient (Wildman–Crippen LogP) is 3.28. The van der Waals surface area contributed by atoms with Crippen LogP contribution in [0.15, 0.2) is 24.3 Å². The van der Waals surface area contributed by atoms with Gasteiger partial charge in [0.05, 0.1) is 23.8 Å². The molecular weight excluding hydrogens is 421 g/mol. The highest BCUT2D eigenvalue weighted by atomic mass is 19.1. The first-order valence-electron chi connectivity index (χ1n) is 11.5. The zero-order valence-corrected chi connectivity index (χ0v) is 19.1. The molecule has 172 valence electrons. The fourth-order valence-corrected chi connectivity index (χ4v) is 5.37. The fourth-order valence-electron chi connectivity index (χ4n) is 5.37. The molecule has 7 heteroatoms. The zero-order chi connectivity index (χ0) is 23.1. The van der Waals surface area contributed by atoms with Crippen LogP contribution in [0.5, 0.6) is 0 Å². The van der Waals surface area contributed by atoms with Gasteiger partial charge < -0.3 is 14.4 Å². The standard InChI is InChI=1S/C26H28FN3O3/c1-16-18(3-4-21-23(16)15-33-26(21)31)7-8-29-9-10-30-13-25(32-14-19(30)12-29)20-5-6-24(27)22(11-28)17(20)2/h3-6,19,25H,7-10,12-15H2,1-2H3/t19-,25-/m1/s1. The Morgan fingerprint density at radius 3 is 2.82 bits per heavy atom. The van der Waals surface area contributed by atoms with Gasteiger partial charge in [-0.15, -0.1) is 0 Å². The van der Waals surface area contributed by atoms with Gasteiger partial charge >= 0.3 is 5.97 Å². The molecule has 2 atom stereocenters. The van der Waals surface area contributed by atoms with Gasteiger partial charge in [-0.1, -0.05) is 12.1 Å². The summed E-state index contributed by atoms with van der Waals surface area (Å²) in [6.07, 6.45) is 0.800. The molecule has 3 heterocycles. The molecule has 3 aliphatic heterocycles. The van der Waals surface area contributed by atoms with E-state index >= 15 is 0 Å².